The van der Waals surface area contributed by atoms with E-state index in [2.05, 4.69) is 22.6 Å². The molecule has 0 spiro atoms. The van der Waals surface area contributed by atoms with Crippen molar-refractivity contribution in [3.8, 4) is 5.75 Å². The molecule has 0 radical (unpaired) electrons. The highest BCUT2D eigenvalue weighted by molar-refractivity contribution is 14.1. The van der Waals surface area contributed by atoms with E-state index in [-0.39, 0.29) is 11.4 Å². The van der Waals surface area contributed by atoms with Crippen LogP contribution in [0, 0.1) is 9.39 Å². The Kier molecular flexibility index (Phi) is 8.06. The van der Waals surface area contributed by atoms with Crippen molar-refractivity contribution in [2.45, 2.75) is 13.3 Å². The lowest BCUT2D eigenvalue weighted by molar-refractivity contribution is -0.121. The van der Waals surface area contributed by atoms with Gasteiger partial charge in [-0.15, -0.1) is 0 Å². The van der Waals surface area contributed by atoms with Gasteiger partial charge in [-0.05, 0) is 95.2 Å². The first-order valence-electron chi connectivity index (χ1n) is 12.6. The number of para-hydroxylation sites is 2. The number of anilines is 2. The molecule has 6 nitrogen and oxygen atoms in total. The maximum absolute atomic E-state index is 13.8. The molecule has 1 heterocycles. The number of rotatable bonds is 7. The van der Waals surface area contributed by atoms with Gasteiger partial charge < -0.3 is 4.74 Å². The van der Waals surface area contributed by atoms with Crippen LogP contribution < -0.4 is 14.5 Å². The fraction of sp³-hybridized carbons (Fsp3) is 0.0938. The molecule has 8 heteroatoms. The molecule has 1 saturated heterocycles. The lowest BCUT2D eigenvalue weighted by Crippen LogP contribution is -2.57. The van der Waals surface area contributed by atoms with Gasteiger partial charge in [-0.3, -0.25) is 9.59 Å². The summed E-state index contributed by atoms with van der Waals surface area (Å²) in [5, 5.41) is 0. The van der Waals surface area contributed by atoms with Crippen molar-refractivity contribution >= 4 is 57.9 Å². The smallest absolute Gasteiger partial charge is 0.343 e. The number of amides is 4. The van der Waals surface area contributed by atoms with Gasteiger partial charge in [-0.2, -0.15) is 0 Å². The first-order chi connectivity index (χ1) is 19.4. The second-order valence-corrected chi connectivity index (χ2v) is 10.2. The molecule has 0 unspecified atom stereocenters. The standard InChI is InChI=1S/C32H24FIN2O4/c1-2-40-29-20-22(19-28(34)26(29)17-21-10-9-11-23(33)16-21)18-27-30(37)35(24-12-5-3-6-13-24)32(39)36(31(27)38)25-14-7-4-8-15-25/h3-16,18-20H,2,17H2,1H3. The van der Waals surface area contributed by atoms with E-state index in [1.165, 1.54) is 18.2 Å². The van der Waals surface area contributed by atoms with Gasteiger partial charge in [0.15, 0.2) is 0 Å². The number of carbonyl (C=O) groups excluding carboxylic acids is 3. The second kappa shape index (κ2) is 11.8. The summed E-state index contributed by atoms with van der Waals surface area (Å²) in [4.78, 5) is 42.9. The van der Waals surface area contributed by atoms with E-state index in [4.69, 9.17) is 4.74 Å². The SMILES string of the molecule is CCOc1cc(C=C2C(=O)N(c3ccccc3)C(=O)N(c3ccccc3)C2=O)cc(I)c1Cc1cccc(F)c1. The van der Waals surface area contributed by atoms with Crippen molar-refractivity contribution in [1.82, 2.24) is 0 Å². The summed E-state index contributed by atoms with van der Waals surface area (Å²) in [6, 6.07) is 26.2. The van der Waals surface area contributed by atoms with E-state index in [9.17, 15) is 18.8 Å². The summed E-state index contributed by atoms with van der Waals surface area (Å²) in [7, 11) is 0. The zero-order chi connectivity index (χ0) is 28.2. The fourth-order valence-corrected chi connectivity index (χ4v) is 5.34. The van der Waals surface area contributed by atoms with Gasteiger partial charge >= 0.3 is 6.03 Å². The minimum Gasteiger partial charge on any atom is -0.494 e. The van der Waals surface area contributed by atoms with Gasteiger partial charge in [0.05, 0.1) is 18.0 Å². The Bertz CT molecular complexity index is 1560. The molecule has 200 valence electrons. The average Bonchev–Trinajstić information content (AvgIpc) is 2.94. The summed E-state index contributed by atoms with van der Waals surface area (Å²) in [5.74, 6) is -1.19. The van der Waals surface area contributed by atoms with Crippen LogP contribution in [0.3, 0.4) is 0 Å². The van der Waals surface area contributed by atoms with Gasteiger partial charge in [-0.25, -0.2) is 19.0 Å². The molecule has 40 heavy (non-hydrogen) atoms. The van der Waals surface area contributed by atoms with Crippen LogP contribution in [0.25, 0.3) is 6.08 Å². The van der Waals surface area contributed by atoms with Gasteiger partial charge in [0, 0.05) is 15.6 Å². The monoisotopic (exact) mass is 646 g/mol. The molecule has 0 N–H and O–H groups in total. The fourth-order valence-electron chi connectivity index (χ4n) is 4.53. The maximum Gasteiger partial charge on any atom is 0.343 e. The van der Waals surface area contributed by atoms with E-state index in [0.29, 0.717) is 35.7 Å². The van der Waals surface area contributed by atoms with Crippen molar-refractivity contribution in [3.63, 3.8) is 0 Å². The summed E-state index contributed by atoms with van der Waals surface area (Å²) in [6.07, 6.45) is 1.93. The highest BCUT2D eigenvalue weighted by Crippen LogP contribution is 2.33. The van der Waals surface area contributed by atoms with Crippen LogP contribution in [0.4, 0.5) is 20.6 Å². The Morgan fingerprint density at radius 1 is 0.800 bits per heavy atom. The van der Waals surface area contributed by atoms with E-state index in [1.54, 1.807) is 72.8 Å². The summed E-state index contributed by atoms with van der Waals surface area (Å²) in [6.45, 7) is 2.25. The van der Waals surface area contributed by atoms with Crippen molar-refractivity contribution in [2.24, 2.45) is 0 Å². The first kappa shape index (κ1) is 27.3. The molecular weight excluding hydrogens is 622 g/mol. The zero-order valence-electron chi connectivity index (χ0n) is 21.5. The number of urea groups is 1. The van der Waals surface area contributed by atoms with Gasteiger partial charge in [0.25, 0.3) is 11.8 Å². The number of carbonyl (C=O) groups is 3. The predicted molar refractivity (Wildman–Crippen MR) is 161 cm³/mol. The van der Waals surface area contributed by atoms with E-state index >= 15 is 0 Å². The molecule has 1 fully saturated rings. The molecular formula is C32H24FIN2O4. The van der Waals surface area contributed by atoms with Crippen LogP contribution in [0.5, 0.6) is 5.75 Å². The highest BCUT2D eigenvalue weighted by atomic mass is 127. The van der Waals surface area contributed by atoms with Crippen LogP contribution in [0.15, 0.2) is 103 Å². The molecule has 0 bridgehead atoms. The van der Waals surface area contributed by atoms with Crippen molar-refractivity contribution in [3.05, 3.63) is 129 Å². The molecule has 0 atom stereocenters. The number of barbiturate groups is 1. The third-order valence-corrected chi connectivity index (χ3v) is 7.30. The molecule has 1 aliphatic rings. The number of hydrogen-bond donors (Lipinski definition) is 0. The Morgan fingerprint density at radius 3 is 1.95 bits per heavy atom. The lowest BCUT2D eigenvalue weighted by atomic mass is 10.00. The Hall–Kier alpha value is -4.31. The lowest BCUT2D eigenvalue weighted by Gasteiger charge is -2.34. The van der Waals surface area contributed by atoms with Gasteiger partial charge in [-0.1, -0.05) is 48.5 Å². The summed E-state index contributed by atoms with van der Waals surface area (Å²) in [5.41, 5.74) is 2.76. The van der Waals surface area contributed by atoms with Crippen LogP contribution in [0.2, 0.25) is 0 Å². The number of ether oxygens (including phenoxy) is 1. The summed E-state index contributed by atoms with van der Waals surface area (Å²) < 4.78 is 20.6. The molecule has 0 aromatic heterocycles. The van der Waals surface area contributed by atoms with E-state index in [0.717, 1.165) is 24.5 Å². The second-order valence-electron chi connectivity index (χ2n) is 9.01. The molecule has 4 aromatic rings. The maximum atomic E-state index is 13.8. The summed E-state index contributed by atoms with van der Waals surface area (Å²) >= 11 is 2.17. The van der Waals surface area contributed by atoms with Crippen molar-refractivity contribution in [2.75, 3.05) is 16.4 Å². The van der Waals surface area contributed by atoms with Gasteiger partial charge in [0.2, 0.25) is 0 Å². The average molecular weight is 646 g/mol. The van der Waals surface area contributed by atoms with Crippen molar-refractivity contribution in [1.29, 1.82) is 0 Å². The van der Waals surface area contributed by atoms with Gasteiger partial charge in [0.1, 0.15) is 17.1 Å². The number of imide groups is 2. The van der Waals surface area contributed by atoms with Crippen LogP contribution in [-0.2, 0) is 16.0 Å². The third-order valence-electron chi connectivity index (χ3n) is 6.34. The molecule has 0 aliphatic carbocycles. The van der Waals surface area contributed by atoms with Crippen LogP contribution in [-0.4, -0.2) is 24.5 Å². The highest BCUT2D eigenvalue weighted by Gasteiger charge is 2.43. The number of halogens is 2. The van der Waals surface area contributed by atoms with Crippen LogP contribution >= 0.6 is 22.6 Å². The minimum atomic E-state index is -0.750. The molecule has 4 amide bonds. The Labute approximate surface area is 244 Å². The zero-order valence-corrected chi connectivity index (χ0v) is 23.7. The number of hydrogen-bond acceptors (Lipinski definition) is 4. The van der Waals surface area contributed by atoms with E-state index < -0.39 is 17.8 Å². The Morgan fingerprint density at radius 2 is 1.40 bits per heavy atom. The molecule has 5 rings (SSSR count). The minimum absolute atomic E-state index is 0.163. The Balaban J connectivity index is 1.60. The van der Waals surface area contributed by atoms with Crippen LogP contribution in [0.1, 0.15) is 23.6 Å². The quantitative estimate of drug-likeness (QED) is 0.123. The largest absolute Gasteiger partial charge is 0.494 e. The first-order valence-corrected chi connectivity index (χ1v) is 13.7. The van der Waals surface area contributed by atoms with E-state index in [1.807, 2.05) is 19.1 Å². The molecule has 4 aromatic carbocycles. The molecule has 1 aliphatic heterocycles. The third kappa shape index (κ3) is 5.53. The topological polar surface area (TPSA) is 66.9 Å². The number of benzene rings is 4. The normalized spacial score (nSPS) is 13.6. The van der Waals surface area contributed by atoms with Crippen molar-refractivity contribution < 1.29 is 23.5 Å². The number of nitrogens with zero attached hydrogens (tertiary/aromatic N) is 2. The molecule has 0 saturated carbocycles. The predicted octanol–water partition coefficient (Wildman–Crippen LogP) is 7.00.